The molecule has 0 bridgehead atoms. The first-order valence-corrected chi connectivity index (χ1v) is 11.0. The lowest BCUT2D eigenvalue weighted by atomic mass is 10.1. The van der Waals surface area contributed by atoms with Crippen molar-refractivity contribution in [1.82, 2.24) is 21.7 Å². The van der Waals surface area contributed by atoms with Gasteiger partial charge in [-0.25, -0.2) is 14.7 Å². The van der Waals surface area contributed by atoms with E-state index in [1.165, 1.54) is 17.8 Å². The van der Waals surface area contributed by atoms with Crippen molar-refractivity contribution in [3.8, 4) is 11.3 Å². The zero-order chi connectivity index (χ0) is 24.4. The first-order chi connectivity index (χ1) is 17.0. The van der Waals surface area contributed by atoms with Crippen molar-refractivity contribution in [1.29, 1.82) is 0 Å². The van der Waals surface area contributed by atoms with Gasteiger partial charge in [0.1, 0.15) is 23.9 Å². The molecule has 1 saturated heterocycles. The van der Waals surface area contributed by atoms with Crippen LogP contribution < -0.4 is 27.0 Å². The monoisotopic (exact) mass is 475 g/mol. The highest BCUT2D eigenvalue weighted by atomic mass is 16.8. The Balaban J connectivity index is 1.31. The van der Waals surface area contributed by atoms with Gasteiger partial charge in [0.05, 0.1) is 11.8 Å². The van der Waals surface area contributed by atoms with E-state index in [9.17, 15) is 9.90 Å². The van der Waals surface area contributed by atoms with E-state index in [1.54, 1.807) is 30.3 Å². The van der Waals surface area contributed by atoms with Crippen LogP contribution in [0.25, 0.3) is 11.3 Å². The molecule has 0 aliphatic carbocycles. The van der Waals surface area contributed by atoms with Gasteiger partial charge in [-0.2, -0.15) is 16.1 Å². The van der Waals surface area contributed by atoms with Crippen molar-refractivity contribution in [2.24, 2.45) is 10.1 Å². The number of hydrogen-bond donors (Lipinski definition) is 6. The number of benzene rings is 2. The predicted molar refractivity (Wildman–Crippen MR) is 131 cm³/mol. The van der Waals surface area contributed by atoms with E-state index in [0.29, 0.717) is 22.9 Å². The third-order valence-electron chi connectivity index (χ3n) is 5.88. The van der Waals surface area contributed by atoms with E-state index < -0.39 is 5.97 Å². The van der Waals surface area contributed by atoms with Crippen molar-refractivity contribution in [3.63, 3.8) is 0 Å². The molecule has 2 aliphatic heterocycles. The number of carboxylic acids is 1. The number of anilines is 1. The Bertz CT molecular complexity index is 1300. The van der Waals surface area contributed by atoms with Crippen LogP contribution in [0.4, 0.5) is 5.69 Å². The summed E-state index contributed by atoms with van der Waals surface area (Å²) in [5.74, 6) is 0.611. The highest BCUT2D eigenvalue weighted by Crippen LogP contribution is 2.23. The van der Waals surface area contributed by atoms with Crippen molar-refractivity contribution in [2.75, 3.05) is 5.32 Å². The Labute approximate surface area is 201 Å². The molecule has 180 valence electrons. The minimum Gasteiger partial charge on any atom is -0.478 e. The van der Waals surface area contributed by atoms with E-state index in [0.717, 1.165) is 11.3 Å². The van der Waals surface area contributed by atoms with Crippen LogP contribution in [0.5, 0.6) is 0 Å². The second-order valence-electron chi connectivity index (χ2n) is 8.22. The largest absolute Gasteiger partial charge is 0.478 e. The minimum atomic E-state index is -0.991. The van der Waals surface area contributed by atoms with E-state index in [2.05, 4.69) is 57.0 Å². The smallest absolute Gasteiger partial charge is 0.335 e. The van der Waals surface area contributed by atoms with Gasteiger partial charge in [0.2, 0.25) is 0 Å². The van der Waals surface area contributed by atoms with Crippen LogP contribution in [0.15, 0.2) is 69.1 Å². The van der Waals surface area contributed by atoms with Crippen LogP contribution in [0, 0.1) is 13.8 Å². The van der Waals surface area contributed by atoms with Gasteiger partial charge in [-0.1, -0.05) is 24.3 Å². The molecule has 6 N–H and O–H groups in total. The van der Waals surface area contributed by atoms with Gasteiger partial charge in [0.15, 0.2) is 12.0 Å². The molecule has 0 saturated carbocycles. The lowest BCUT2D eigenvalue weighted by Crippen LogP contribution is -2.61. The fraction of sp³-hybridized carbons (Fsp3) is 0.208. The average molecular weight is 476 g/mol. The van der Waals surface area contributed by atoms with Gasteiger partial charge in [-0.15, -0.1) is 0 Å². The molecule has 11 heteroatoms. The summed E-state index contributed by atoms with van der Waals surface area (Å²) in [4.78, 5) is 21.0. The summed E-state index contributed by atoms with van der Waals surface area (Å²) in [6.45, 7) is 4.12. The predicted octanol–water partition coefficient (Wildman–Crippen LogP) is 2.32. The molecule has 2 aromatic carbocycles. The van der Waals surface area contributed by atoms with Crippen LogP contribution in [-0.2, 0) is 4.94 Å². The summed E-state index contributed by atoms with van der Waals surface area (Å²) in [6.07, 6.45) is 0.614. The third-order valence-corrected chi connectivity index (χ3v) is 5.88. The zero-order valence-electron chi connectivity index (χ0n) is 19.1. The number of aromatic carboxylic acids is 1. The molecular weight excluding hydrogens is 450 g/mol. The van der Waals surface area contributed by atoms with Crippen LogP contribution in [0.1, 0.15) is 27.2 Å². The van der Waals surface area contributed by atoms with Crippen LogP contribution in [0.2, 0.25) is 0 Å². The number of hydroxylamine groups is 2. The van der Waals surface area contributed by atoms with Crippen molar-refractivity contribution >= 4 is 23.7 Å². The summed E-state index contributed by atoms with van der Waals surface area (Å²) < 4.78 is 5.82. The zero-order valence-corrected chi connectivity index (χ0v) is 19.1. The van der Waals surface area contributed by atoms with Gasteiger partial charge in [-0.05, 0) is 55.3 Å². The Kier molecular flexibility index (Phi) is 6.29. The number of nitrogens with one attached hydrogen (secondary N) is 5. The van der Waals surface area contributed by atoms with Crippen molar-refractivity contribution < 1.29 is 19.3 Å². The molecule has 1 aromatic heterocycles. The summed E-state index contributed by atoms with van der Waals surface area (Å²) >= 11 is 0. The molecule has 5 rings (SSSR count). The summed E-state index contributed by atoms with van der Waals surface area (Å²) in [5, 5.41) is 20.4. The summed E-state index contributed by atoms with van der Waals surface area (Å²) in [7, 11) is 0. The van der Waals surface area contributed by atoms with Crippen LogP contribution in [-0.4, -0.2) is 41.6 Å². The van der Waals surface area contributed by atoms with Crippen LogP contribution in [0.3, 0.4) is 0 Å². The van der Waals surface area contributed by atoms with E-state index in [4.69, 9.17) is 9.36 Å². The topological polar surface area (TPSA) is 145 Å². The van der Waals surface area contributed by atoms with Gasteiger partial charge in [0.25, 0.3) is 0 Å². The normalized spacial score (nSPS) is 21.5. The molecule has 0 amide bonds. The number of carbonyl (C=O) groups is 1. The number of rotatable bonds is 6. The minimum absolute atomic E-state index is 0.193. The Hall–Kier alpha value is -4.03. The quantitative estimate of drug-likeness (QED) is 0.234. The molecule has 3 aromatic rings. The first kappa shape index (κ1) is 22.7. The SMILES string of the molecule is Cc1cccc(NC2NC3NONC3N=C2N/N=C/c2ccc(-c3cccc(C(=O)O)c3)o2)c1C. The molecular formula is C24H25N7O4. The number of hydrogen-bond acceptors (Lipinski definition) is 10. The summed E-state index contributed by atoms with van der Waals surface area (Å²) in [5.41, 5.74) is 12.8. The van der Waals surface area contributed by atoms with Gasteiger partial charge < -0.3 is 14.8 Å². The van der Waals surface area contributed by atoms with Crippen molar-refractivity contribution in [2.45, 2.75) is 32.3 Å². The van der Waals surface area contributed by atoms with E-state index in [1.807, 2.05) is 12.1 Å². The Morgan fingerprint density at radius 1 is 1.14 bits per heavy atom. The number of hydrazone groups is 1. The van der Waals surface area contributed by atoms with Gasteiger partial charge >= 0.3 is 5.97 Å². The number of fused-ring (bicyclic) bond motifs is 1. The number of nitrogens with zero attached hydrogens (tertiary/aromatic N) is 2. The van der Waals surface area contributed by atoms with Crippen LogP contribution >= 0.6 is 0 Å². The molecule has 3 unspecified atom stereocenters. The molecule has 35 heavy (non-hydrogen) atoms. The average Bonchev–Trinajstić information content (AvgIpc) is 3.51. The first-order valence-electron chi connectivity index (χ1n) is 11.0. The summed E-state index contributed by atoms with van der Waals surface area (Å²) in [6, 6.07) is 16.2. The maximum atomic E-state index is 11.2. The number of amidine groups is 1. The Morgan fingerprint density at radius 2 is 2.00 bits per heavy atom. The number of carboxylic acid groups (broad SMARTS) is 1. The number of aliphatic imine (C=N–C) groups is 1. The molecule has 2 aliphatic rings. The standard InChI is InChI=1S/C24H25N7O4/c1-13-5-3-8-18(14(13)2)26-20-21(28-23-22(27-20)30-35-31-23)29-25-12-17-9-10-19(34-17)15-6-4-7-16(11-15)24(32)33/h3-12,20,22-23,26-27,30-31H,1-2H3,(H,28,29)(H,32,33)/b25-12+. The fourth-order valence-corrected chi connectivity index (χ4v) is 3.81. The third kappa shape index (κ3) is 4.93. The second-order valence-corrected chi connectivity index (χ2v) is 8.22. The highest BCUT2D eigenvalue weighted by Gasteiger charge is 2.36. The number of aryl methyl sites for hydroxylation is 1. The fourth-order valence-electron chi connectivity index (χ4n) is 3.81. The maximum absolute atomic E-state index is 11.2. The number of furan rings is 1. The molecule has 3 atom stereocenters. The highest BCUT2D eigenvalue weighted by molar-refractivity contribution is 5.91. The van der Waals surface area contributed by atoms with Gasteiger partial charge in [0, 0.05) is 11.3 Å². The molecule has 0 spiro atoms. The molecule has 1 fully saturated rings. The molecule has 11 nitrogen and oxygen atoms in total. The van der Waals surface area contributed by atoms with Crippen molar-refractivity contribution in [3.05, 3.63) is 77.0 Å². The molecule has 3 heterocycles. The van der Waals surface area contributed by atoms with E-state index >= 15 is 0 Å². The maximum Gasteiger partial charge on any atom is 0.335 e. The second kappa shape index (κ2) is 9.68. The molecule has 0 radical (unpaired) electrons. The lowest BCUT2D eigenvalue weighted by Gasteiger charge is -2.31. The lowest BCUT2D eigenvalue weighted by molar-refractivity contribution is 0.00766. The Morgan fingerprint density at radius 3 is 2.86 bits per heavy atom. The van der Waals surface area contributed by atoms with Gasteiger partial charge in [-0.3, -0.25) is 10.7 Å². The van der Waals surface area contributed by atoms with E-state index in [-0.39, 0.29) is 24.1 Å².